The fraction of sp³-hybridized carbons (Fsp3) is 0.111. The number of nitrogens with one attached hydrogen (secondary N) is 2. The topological polar surface area (TPSA) is 63.2 Å². The van der Waals surface area contributed by atoms with Crippen LogP contribution in [0.1, 0.15) is 5.56 Å². The van der Waals surface area contributed by atoms with Crippen molar-refractivity contribution in [1.29, 1.82) is 0 Å². The van der Waals surface area contributed by atoms with Crippen LogP contribution in [0.5, 0.6) is 5.75 Å². The Bertz CT molecular complexity index is 866. The molecular weight excluding hydrogens is 309 g/mol. The number of carbonyl (C=O) groups excluding carboxylic acids is 1. The normalized spacial score (nSPS) is 10.4. The Morgan fingerprint density at radius 3 is 2.75 bits per heavy atom. The predicted octanol–water partition coefficient (Wildman–Crippen LogP) is 3.70. The molecule has 6 heteroatoms. The van der Waals surface area contributed by atoms with E-state index in [-0.39, 0.29) is 11.8 Å². The highest BCUT2D eigenvalue weighted by molar-refractivity contribution is 6.00. The summed E-state index contributed by atoms with van der Waals surface area (Å²) in [6.07, 6.45) is 1.66. The van der Waals surface area contributed by atoms with Crippen molar-refractivity contribution in [3.8, 4) is 5.75 Å². The van der Waals surface area contributed by atoms with Crippen LogP contribution in [0.2, 0.25) is 0 Å². The second-order valence-electron chi connectivity index (χ2n) is 5.18. The van der Waals surface area contributed by atoms with Crippen LogP contribution in [0.15, 0.2) is 54.7 Å². The molecule has 0 atom stereocenters. The van der Waals surface area contributed by atoms with Crippen molar-refractivity contribution in [2.24, 2.45) is 0 Å². The maximum Gasteiger partial charge on any atom is 0.319 e. The molecule has 24 heavy (non-hydrogen) atoms. The van der Waals surface area contributed by atoms with Gasteiger partial charge in [0.25, 0.3) is 0 Å². The van der Waals surface area contributed by atoms with E-state index in [1.165, 1.54) is 12.1 Å². The Kier molecular flexibility index (Phi) is 4.56. The predicted molar refractivity (Wildman–Crippen MR) is 90.6 cm³/mol. The van der Waals surface area contributed by atoms with Crippen molar-refractivity contribution in [3.63, 3.8) is 0 Å². The van der Waals surface area contributed by atoms with Crippen LogP contribution in [-0.4, -0.2) is 18.1 Å². The lowest BCUT2D eigenvalue weighted by molar-refractivity contribution is 0.252. The Morgan fingerprint density at radius 2 is 2.00 bits per heavy atom. The molecule has 122 valence electrons. The molecule has 0 saturated heterocycles. The molecular formula is C18H16FN3O2. The third-order valence-electron chi connectivity index (χ3n) is 3.53. The molecule has 0 aliphatic carbocycles. The van der Waals surface area contributed by atoms with E-state index in [9.17, 15) is 9.18 Å². The van der Waals surface area contributed by atoms with Crippen LogP contribution in [-0.2, 0) is 6.54 Å². The van der Waals surface area contributed by atoms with E-state index < -0.39 is 0 Å². The van der Waals surface area contributed by atoms with Crippen LogP contribution in [0.4, 0.5) is 14.9 Å². The molecule has 0 bridgehead atoms. The largest absolute Gasteiger partial charge is 0.497 e. The summed E-state index contributed by atoms with van der Waals surface area (Å²) in [5, 5.41) is 6.37. The lowest BCUT2D eigenvalue weighted by Gasteiger charge is -2.11. The van der Waals surface area contributed by atoms with Crippen LogP contribution in [0, 0.1) is 5.82 Å². The monoisotopic (exact) mass is 325 g/mol. The average molecular weight is 325 g/mol. The minimum absolute atomic E-state index is 0.293. The molecule has 0 aliphatic heterocycles. The first-order valence-corrected chi connectivity index (χ1v) is 7.38. The molecule has 0 saturated carbocycles. The minimum Gasteiger partial charge on any atom is -0.497 e. The fourth-order valence-corrected chi connectivity index (χ4v) is 2.33. The maximum atomic E-state index is 12.9. The molecule has 0 spiro atoms. The number of anilines is 1. The molecule has 1 aromatic heterocycles. The molecule has 0 unspecified atom stereocenters. The van der Waals surface area contributed by atoms with E-state index in [4.69, 9.17) is 4.74 Å². The number of hydrogen-bond acceptors (Lipinski definition) is 3. The highest BCUT2D eigenvalue weighted by Crippen LogP contribution is 2.27. The molecule has 2 amide bonds. The number of methoxy groups -OCH3 is 1. The molecule has 3 rings (SSSR count). The zero-order chi connectivity index (χ0) is 16.9. The fourth-order valence-electron chi connectivity index (χ4n) is 2.33. The number of hydrogen-bond donors (Lipinski definition) is 2. The van der Waals surface area contributed by atoms with E-state index >= 15 is 0 Å². The molecule has 2 aromatic carbocycles. The summed E-state index contributed by atoms with van der Waals surface area (Å²) in [6.45, 7) is 0.293. The van der Waals surface area contributed by atoms with E-state index in [2.05, 4.69) is 15.6 Å². The summed E-state index contributed by atoms with van der Waals surface area (Å²) in [5.74, 6) is 0.321. The van der Waals surface area contributed by atoms with Gasteiger partial charge in [-0.2, -0.15) is 0 Å². The van der Waals surface area contributed by atoms with Gasteiger partial charge in [0.05, 0.1) is 18.3 Å². The summed E-state index contributed by atoms with van der Waals surface area (Å²) < 4.78 is 18.1. The molecule has 5 nitrogen and oxygen atoms in total. The van der Waals surface area contributed by atoms with Crippen molar-refractivity contribution in [3.05, 3.63) is 66.1 Å². The number of halogens is 1. The smallest absolute Gasteiger partial charge is 0.319 e. The Hall–Kier alpha value is -3.15. The maximum absolute atomic E-state index is 12.9. The molecule has 1 heterocycles. The highest BCUT2D eigenvalue weighted by atomic mass is 19.1. The first-order valence-electron chi connectivity index (χ1n) is 7.38. The lowest BCUT2D eigenvalue weighted by Crippen LogP contribution is -2.28. The summed E-state index contributed by atoms with van der Waals surface area (Å²) in [7, 11) is 1.57. The van der Waals surface area contributed by atoms with Crippen LogP contribution >= 0.6 is 0 Å². The van der Waals surface area contributed by atoms with Crippen molar-refractivity contribution >= 4 is 22.6 Å². The second-order valence-corrected chi connectivity index (χ2v) is 5.18. The summed E-state index contributed by atoms with van der Waals surface area (Å²) in [4.78, 5) is 16.4. The summed E-state index contributed by atoms with van der Waals surface area (Å²) >= 11 is 0. The van der Waals surface area contributed by atoms with E-state index in [0.717, 1.165) is 10.9 Å². The molecule has 2 N–H and O–H groups in total. The molecule has 0 aliphatic rings. The van der Waals surface area contributed by atoms with Crippen LogP contribution < -0.4 is 15.4 Å². The summed E-state index contributed by atoms with van der Waals surface area (Å²) in [6, 6.07) is 12.9. The number of amides is 2. The number of ether oxygens (including phenoxy) is 1. The van der Waals surface area contributed by atoms with Crippen molar-refractivity contribution in [1.82, 2.24) is 10.3 Å². The van der Waals surface area contributed by atoms with Gasteiger partial charge >= 0.3 is 6.03 Å². The lowest BCUT2D eigenvalue weighted by atomic mass is 10.2. The van der Waals surface area contributed by atoms with Gasteiger partial charge in [0.2, 0.25) is 0 Å². The number of rotatable bonds is 4. The quantitative estimate of drug-likeness (QED) is 0.769. The molecule has 0 fully saturated rings. The van der Waals surface area contributed by atoms with E-state index in [1.807, 2.05) is 18.2 Å². The number of pyridine rings is 1. The van der Waals surface area contributed by atoms with Gasteiger partial charge in [-0.15, -0.1) is 0 Å². The summed E-state index contributed by atoms with van der Waals surface area (Å²) in [5.41, 5.74) is 2.04. The van der Waals surface area contributed by atoms with Gasteiger partial charge < -0.3 is 15.4 Å². The zero-order valence-corrected chi connectivity index (χ0v) is 13.0. The first kappa shape index (κ1) is 15.7. The van der Waals surface area contributed by atoms with Gasteiger partial charge in [-0.25, -0.2) is 9.18 Å². The third kappa shape index (κ3) is 3.60. The van der Waals surface area contributed by atoms with E-state index in [1.54, 1.807) is 31.5 Å². The minimum atomic E-state index is -0.375. The number of carbonyl (C=O) groups is 1. The third-order valence-corrected chi connectivity index (χ3v) is 3.53. The standard InChI is InChI=1S/C18H16FN3O2/c1-24-15-9-13-3-2-8-20-17(13)16(10-15)22-18(23)21-11-12-4-6-14(19)7-5-12/h2-10H,11H2,1H3,(H2,21,22,23). The van der Waals surface area contributed by atoms with Crippen LogP contribution in [0.25, 0.3) is 10.9 Å². The number of fused-ring (bicyclic) bond motifs is 1. The average Bonchev–Trinajstić information content (AvgIpc) is 2.61. The van der Waals surface area contributed by atoms with Crippen LogP contribution in [0.3, 0.4) is 0 Å². The molecule has 0 radical (unpaired) electrons. The SMILES string of the molecule is COc1cc(NC(=O)NCc2ccc(F)cc2)c2ncccc2c1. The van der Waals surface area contributed by atoms with E-state index in [0.29, 0.717) is 23.5 Å². The van der Waals surface area contributed by atoms with Gasteiger partial charge in [-0.05, 0) is 29.8 Å². The first-order chi connectivity index (χ1) is 11.7. The number of urea groups is 1. The number of nitrogens with zero attached hydrogens (tertiary/aromatic N) is 1. The zero-order valence-electron chi connectivity index (χ0n) is 13.0. The van der Waals surface area contributed by atoms with Gasteiger partial charge in [0, 0.05) is 24.2 Å². The van der Waals surface area contributed by atoms with Gasteiger partial charge in [0.15, 0.2) is 0 Å². The number of aromatic nitrogens is 1. The Balaban J connectivity index is 1.74. The molecule has 3 aromatic rings. The van der Waals surface area contributed by atoms with Gasteiger partial charge in [-0.1, -0.05) is 18.2 Å². The highest BCUT2D eigenvalue weighted by Gasteiger charge is 2.09. The number of benzene rings is 2. The van der Waals surface area contributed by atoms with Crippen molar-refractivity contribution in [2.75, 3.05) is 12.4 Å². The Morgan fingerprint density at radius 1 is 1.21 bits per heavy atom. The van der Waals surface area contributed by atoms with Crippen molar-refractivity contribution in [2.45, 2.75) is 6.54 Å². The second kappa shape index (κ2) is 6.95. The van der Waals surface area contributed by atoms with Gasteiger partial charge in [-0.3, -0.25) is 4.98 Å². The van der Waals surface area contributed by atoms with Crippen molar-refractivity contribution < 1.29 is 13.9 Å². The van der Waals surface area contributed by atoms with Gasteiger partial charge in [0.1, 0.15) is 11.6 Å². The Labute approximate surface area is 138 Å².